The highest BCUT2D eigenvalue weighted by Gasteiger charge is 2.39. The molecule has 2 aliphatic heterocycles. The van der Waals surface area contributed by atoms with Gasteiger partial charge in [0.25, 0.3) is 0 Å². The minimum Gasteiger partial charge on any atom is -0.396 e. The Morgan fingerprint density at radius 1 is 1.35 bits per heavy atom. The first-order chi connectivity index (χ1) is 12.6. The second-order valence-electron chi connectivity index (χ2n) is 7.41. The summed E-state index contributed by atoms with van der Waals surface area (Å²) in [5.74, 6) is 0.530. The fourth-order valence-electron chi connectivity index (χ4n) is 4.18. The van der Waals surface area contributed by atoms with Crippen LogP contribution in [0.4, 0.5) is 4.79 Å². The predicted octanol–water partition coefficient (Wildman–Crippen LogP) is 1.90. The van der Waals surface area contributed by atoms with Crippen molar-refractivity contribution in [1.29, 1.82) is 0 Å². The van der Waals surface area contributed by atoms with Gasteiger partial charge in [0.05, 0.1) is 0 Å². The maximum Gasteiger partial charge on any atom is 0.317 e. The summed E-state index contributed by atoms with van der Waals surface area (Å²) in [6, 6.07) is 8.34. The summed E-state index contributed by atoms with van der Waals surface area (Å²) < 4.78 is 0. The quantitative estimate of drug-likeness (QED) is 0.843. The first kappa shape index (κ1) is 18.7. The van der Waals surface area contributed by atoms with Crippen molar-refractivity contribution in [3.63, 3.8) is 0 Å². The number of nitrogens with one attached hydrogen (secondary N) is 1. The highest BCUT2D eigenvalue weighted by molar-refractivity contribution is 5.78. The van der Waals surface area contributed by atoms with Crippen LogP contribution in [0.1, 0.15) is 36.8 Å². The van der Waals surface area contributed by atoms with Crippen molar-refractivity contribution in [3.05, 3.63) is 35.4 Å². The van der Waals surface area contributed by atoms with Crippen LogP contribution >= 0.6 is 0 Å². The van der Waals surface area contributed by atoms with E-state index < -0.39 is 0 Å². The molecule has 3 rings (SSSR count). The molecule has 6 heteroatoms. The molecule has 0 saturated carbocycles. The van der Waals surface area contributed by atoms with Crippen molar-refractivity contribution in [3.8, 4) is 0 Å². The number of nitrogens with zero attached hydrogens (tertiary/aromatic N) is 2. The number of likely N-dealkylation sites (tertiary alicyclic amines) is 2. The van der Waals surface area contributed by atoms with Crippen molar-refractivity contribution in [2.75, 3.05) is 26.2 Å². The lowest BCUT2D eigenvalue weighted by molar-refractivity contribution is -0.140. The molecule has 1 aromatic rings. The van der Waals surface area contributed by atoms with Crippen LogP contribution in [-0.2, 0) is 11.3 Å². The number of urea groups is 1. The molecule has 0 aliphatic carbocycles. The number of aliphatic hydroxyl groups excluding tert-OH is 1. The van der Waals surface area contributed by atoms with Gasteiger partial charge in [-0.25, -0.2) is 4.79 Å². The third-order valence-corrected chi connectivity index (χ3v) is 5.51. The molecule has 1 aromatic carbocycles. The number of piperidine rings is 2. The zero-order valence-corrected chi connectivity index (χ0v) is 15.5. The standard InChI is InChI=1S/C20H29N3O3/c1-15-4-2-5-16(12-15)13-21-20(26)22-10-8-18-17(14-22)6-7-19(25)23(18)9-3-11-24/h2,4-5,12,17-18,24H,3,6-11,13-14H2,1H3,(H,21,26)/t17-,18+/m0/s1. The van der Waals surface area contributed by atoms with Crippen LogP contribution in [0.15, 0.2) is 24.3 Å². The molecule has 142 valence electrons. The second kappa shape index (κ2) is 8.54. The zero-order chi connectivity index (χ0) is 18.5. The van der Waals surface area contributed by atoms with Crippen LogP contribution in [0, 0.1) is 12.8 Å². The molecule has 2 heterocycles. The van der Waals surface area contributed by atoms with Gasteiger partial charge >= 0.3 is 6.03 Å². The summed E-state index contributed by atoms with van der Waals surface area (Å²) in [6.07, 6.45) is 2.83. The van der Waals surface area contributed by atoms with E-state index in [-0.39, 0.29) is 24.6 Å². The number of carbonyl (C=O) groups excluding carboxylic acids is 2. The molecule has 6 nitrogen and oxygen atoms in total. The van der Waals surface area contributed by atoms with Crippen molar-refractivity contribution in [1.82, 2.24) is 15.1 Å². The highest BCUT2D eigenvalue weighted by atomic mass is 16.3. The van der Waals surface area contributed by atoms with E-state index in [9.17, 15) is 9.59 Å². The monoisotopic (exact) mass is 359 g/mol. The van der Waals surface area contributed by atoms with Crippen LogP contribution in [-0.4, -0.2) is 59.1 Å². The number of carbonyl (C=O) groups is 2. The van der Waals surface area contributed by atoms with Gasteiger partial charge in [-0.15, -0.1) is 0 Å². The van der Waals surface area contributed by atoms with Gasteiger partial charge in [-0.2, -0.15) is 0 Å². The summed E-state index contributed by atoms with van der Waals surface area (Å²) in [5, 5.41) is 12.1. The molecule has 0 unspecified atom stereocenters. The summed E-state index contributed by atoms with van der Waals surface area (Å²) >= 11 is 0. The van der Waals surface area contributed by atoms with Crippen LogP contribution in [0.2, 0.25) is 0 Å². The largest absolute Gasteiger partial charge is 0.396 e. The number of aliphatic hydroxyl groups is 1. The Kier molecular flexibility index (Phi) is 6.14. The average molecular weight is 359 g/mol. The lowest BCUT2D eigenvalue weighted by Gasteiger charge is -2.47. The smallest absolute Gasteiger partial charge is 0.317 e. The molecule has 0 radical (unpaired) electrons. The Balaban J connectivity index is 1.54. The Bertz CT molecular complexity index is 649. The summed E-state index contributed by atoms with van der Waals surface area (Å²) in [4.78, 5) is 28.6. The number of amides is 3. The van der Waals surface area contributed by atoms with Crippen LogP contribution in [0.5, 0.6) is 0 Å². The Morgan fingerprint density at radius 3 is 2.96 bits per heavy atom. The van der Waals surface area contributed by atoms with E-state index in [1.165, 1.54) is 5.56 Å². The minimum absolute atomic E-state index is 0.0243. The Hall–Kier alpha value is -2.08. The van der Waals surface area contributed by atoms with Crippen LogP contribution < -0.4 is 5.32 Å². The maximum atomic E-state index is 12.5. The number of hydrogen-bond acceptors (Lipinski definition) is 3. The van der Waals surface area contributed by atoms with E-state index in [0.29, 0.717) is 44.9 Å². The second-order valence-corrected chi connectivity index (χ2v) is 7.41. The average Bonchev–Trinajstić information content (AvgIpc) is 2.65. The van der Waals surface area contributed by atoms with Gasteiger partial charge in [0, 0.05) is 45.2 Å². The van der Waals surface area contributed by atoms with Crippen molar-refractivity contribution < 1.29 is 14.7 Å². The van der Waals surface area contributed by atoms with Gasteiger partial charge in [0.1, 0.15) is 0 Å². The van der Waals surface area contributed by atoms with Crippen molar-refractivity contribution >= 4 is 11.9 Å². The number of fused-ring (bicyclic) bond motifs is 1. The van der Waals surface area contributed by atoms with Crippen molar-refractivity contribution in [2.24, 2.45) is 5.92 Å². The Morgan fingerprint density at radius 2 is 2.19 bits per heavy atom. The first-order valence-corrected chi connectivity index (χ1v) is 9.57. The van der Waals surface area contributed by atoms with Crippen LogP contribution in [0.25, 0.3) is 0 Å². The lowest BCUT2D eigenvalue weighted by atomic mass is 9.83. The number of hydrogen-bond donors (Lipinski definition) is 2. The molecule has 2 N–H and O–H groups in total. The van der Waals surface area contributed by atoms with Gasteiger partial charge < -0.3 is 20.2 Å². The number of rotatable bonds is 5. The topological polar surface area (TPSA) is 72.9 Å². The van der Waals surface area contributed by atoms with Crippen molar-refractivity contribution in [2.45, 2.75) is 45.2 Å². The van der Waals surface area contributed by atoms with Gasteiger partial charge in [0.2, 0.25) is 5.91 Å². The molecular weight excluding hydrogens is 330 g/mol. The maximum absolute atomic E-state index is 12.5. The van der Waals surface area contributed by atoms with Gasteiger partial charge in [-0.05, 0) is 37.7 Å². The summed E-state index contributed by atoms with van der Waals surface area (Å²) in [6.45, 7) is 4.68. The molecule has 3 amide bonds. The van der Waals surface area contributed by atoms with Gasteiger partial charge in [-0.3, -0.25) is 4.79 Å². The fraction of sp³-hybridized carbons (Fsp3) is 0.600. The molecule has 2 atom stereocenters. The third-order valence-electron chi connectivity index (χ3n) is 5.51. The normalized spacial score (nSPS) is 22.9. The van der Waals surface area contributed by atoms with E-state index in [0.717, 1.165) is 18.4 Å². The SMILES string of the molecule is Cc1cccc(CNC(=O)N2CC[C@@H]3[C@@H](CCC(=O)N3CCCO)C2)c1. The molecule has 26 heavy (non-hydrogen) atoms. The first-order valence-electron chi connectivity index (χ1n) is 9.57. The number of benzene rings is 1. The van der Waals surface area contributed by atoms with Gasteiger partial charge in [0.15, 0.2) is 0 Å². The lowest BCUT2D eigenvalue weighted by Crippen LogP contribution is -2.58. The Labute approximate surface area is 155 Å². The molecule has 0 bridgehead atoms. The predicted molar refractivity (Wildman–Crippen MR) is 99.5 cm³/mol. The van der Waals surface area contributed by atoms with E-state index in [2.05, 4.69) is 11.4 Å². The fourth-order valence-corrected chi connectivity index (χ4v) is 4.18. The molecule has 0 spiro atoms. The third kappa shape index (κ3) is 4.36. The van der Waals surface area contributed by atoms with E-state index >= 15 is 0 Å². The molecule has 2 fully saturated rings. The van der Waals surface area contributed by atoms with E-state index in [4.69, 9.17) is 5.11 Å². The van der Waals surface area contributed by atoms with E-state index in [1.807, 2.05) is 34.9 Å². The van der Waals surface area contributed by atoms with Crippen LogP contribution in [0.3, 0.4) is 0 Å². The molecule has 2 saturated heterocycles. The minimum atomic E-state index is -0.0243. The van der Waals surface area contributed by atoms with Gasteiger partial charge in [-0.1, -0.05) is 29.8 Å². The molecule has 2 aliphatic rings. The highest BCUT2D eigenvalue weighted by Crippen LogP contribution is 2.31. The van der Waals surface area contributed by atoms with E-state index in [1.54, 1.807) is 0 Å². The summed E-state index contributed by atoms with van der Waals surface area (Å²) in [5.41, 5.74) is 2.29. The molecule has 0 aromatic heterocycles. The number of aryl methyl sites for hydroxylation is 1. The molecular formula is C20H29N3O3. The summed E-state index contributed by atoms with van der Waals surface area (Å²) in [7, 11) is 0. The zero-order valence-electron chi connectivity index (χ0n) is 15.5.